The van der Waals surface area contributed by atoms with Crippen LogP contribution in [-0.4, -0.2) is 67.4 Å². The van der Waals surface area contributed by atoms with Gasteiger partial charge in [0.2, 0.25) is 5.91 Å². The lowest BCUT2D eigenvalue weighted by atomic mass is 9.82. The number of methoxy groups -OCH3 is 1. The van der Waals surface area contributed by atoms with E-state index in [1.54, 1.807) is 31.5 Å². The smallest absolute Gasteiger partial charge is 0.251 e. The summed E-state index contributed by atoms with van der Waals surface area (Å²) in [6.45, 7) is 4.01. The first kappa shape index (κ1) is 31.2. The van der Waals surface area contributed by atoms with E-state index < -0.39 is 11.3 Å². The van der Waals surface area contributed by atoms with Crippen LogP contribution >= 0.6 is 11.6 Å². The zero-order valence-electron chi connectivity index (χ0n) is 26.7. The molecule has 246 valence electrons. The highest BCUT2D eigenvalue weighted by Crippen LogP contribution is 2.50. The number of carbonyl (C=O) groups excluding carboxylic acids is 2. The van der Waals surface area contributed by atoms with Crippen LogP contribution < -0.4 is 31.2 Å². The Kier molecular flexibility index (Phi) is 8.20. The van der Waals surface area contributed by atoms with E-state index in [-0.39, 0.29) is 18.4 Å². The zero-order chi connectivity index (χ0) is 32.9. The van der Waals surface area contributed by atoms with Crippen LogP contribution in [0, 0.1) is 5.92 Å². The molecule has 3 aromatic rings. The third kappa shape index (κ3) is 5.97. The van der Waals surface area contributed by atoms with Crippen molar-refractivity contribution in [1.82, 2.24) is 15.3 Å². The van der Waals surface area contributed by atoms with Crippen molar-refractivity contribution in [3.8, 4) is 22.8 Å². The third-order valence-corrected chi connectivity index (χ3v) is 10.2. The Bertz CT molecular complexity index is 1770. The molecule has 0 radical (unpaired) electrons. The van der Waals surface area contributed by atoms with Gasteiger partial charge in [0.1, 0.15) is 35.0 Å². The molecule has 0 unspecified atom stereocenters. The van der Waals surface area contributed by atoms with Gasteiger partial charge in [-0.15, -0.1) is 0 Å². The fourth-order valence-electron chi connectivity index (χ4n) is 6.53. The Balaban J connectivity index is 1.24. The number of fused-ring (bicyclic) bond motifs is 1. The molecule has 2 aromatic heterocycles. The van der Waals surface area contributed by atoms with E-state index >= 15 is 0 Å². The first-order chi connectivity index (χ1) is 22.7. The number of aromatic nitrogens is 2. The number of nitrogen functional groups attached to an aromatic ring is 1. The minimum atomic E-state index is -1.05. The van der Waals surface area contributed by atoms with Crippen molar-refractivity contribution < 1.29 is 19.1 Å². The number of amides is 2. The van der Waals surface area contributed by atoms with Crippen molar-refractivity contribution in [2.24, 2.45) is 16.6 Å². The van der Waals surface area contributed by atoms with Crippen molar-refractivity contribution >= 4 is 41.1 Å². The number of hydrogen-bond donors (Lipinski definition) is 3. The fourth-order valence-corrected chi connectivity index (χ4v) is 6.85. The minimum Gasteiger partial charge on any atom is -0.495 e. The molecule has 47 heavy (non-hydrogen) atoms. The minimum absolute atomic E-state index is 0.105. The van der Waals surface area contributed by atoms with Gasteiger partial charge in [0.15, 0.2) is 0 Å². The van der Waals surface area contributed by atoms with E-state index in [2.05, 4.69) is 20.2 Å². The molecule has 2 atom stereocenters. The summed E-state index contributed by atoms with van der Waals surface area (Å²) in [5, 5.41) is 3.63. The predicted octanol–water partition coefficient (Wildman–Crippen LogP) is 4.63. The second kappa shape index (κ2) is 12.3. The molecule has 1 saturated heterocycles. The summed E-state index contributed by atoms with van der Waals surface area (Å²) in [7, 11) is 1.53. The molecule has 12 heteroatoms. The molecule has 3 fully saturated rings. The highest BCUT2D eigenvalue weighted by molar-refractivity contribution is 6.35. The average molecular weight is 658 g/mol. The van der Waals surface area contributed by atoms with E-state index in [4.69, 9.17) is 37.5 Å². The summed E-state index contributed by atoms with van der Waals surface area (Å²) in [5.41, 5.74) is 15.4. The highest BCUT2D eigenvalue weighted by atomic mass is 35.5. The fraction of sp³-hybridized carbons (Fsp3) is 0.457. The van der Waals surface area contributed by atoms with Crippen molar-refractivity contribution in [3.05, 3.63) is 57.9 Å². The summed E-state index contributed by atoms with van der Waals surface area (Å²) in [4.78, 5) is 42.9. The Morgan fingerprint density at radius 2 is 2.00 bits per heavy atom. The van der Waals surface area contributed by atoms with Gasteiger partial charge in [0.05, 0.1) is 23.9 Å². The van der Waals surface area contributed by atoms with Gasteiger partial charge in [-0.05, 0) is 75.6 Å². The SMILES string of the molecule is COc1cc(C(=O)NC[C@H](c2cc3c(c(-c4ccnc(N5CCCC5)c4Cl)n2)OC[C@]3(C)C(N)=O)C2CC2)cc(C=NC2CC2)c1N. The molecule has 7 rings (SSSR count). The Hall–Kier alpha value is -4.38. The number of nitrogens with one attached hydrogen (secondary N) is 1. The number of aliphatic imine (C=N–C) groups is 1. The third-order valence-electron chi connectivity index (χ3n) is 9.85. The van der Waals surface area contributed by atoms with Gasteiger partial charge >= 0.3 is 0 Å². The lowest BCUT2D eigenvalue weighted by Gasteiger charge is -2.23. The number of rotatable bonds is 11. The molecule has 1 aromatic carbocycles. The van der Waals surface area contributed by atoms with E-state index in [1.165, 1.54) is 7.11 Å². The van der Waals surface area contributed by atoms with Gasteiger partial charge in [0.25, 0.3) is 5.91 Å². The normalized spacial score (nSPS) is 21.0. The van der Waals surface area contributed by atoms with Crippen molar-refractivity contribution in [2.45, 2.75) is 62.8 Å². The van der Waals surface area contributed by atoms with Crippen LogP contribution in [0.1, 0.15) is 78.5 Å². The zero-order valence-corrected chi connectivity index (χ0v) is 27.5. The van der Waals surface area contributed by atoms with Crippen LogP contribution in [0.3, 0.4) is 0 Å². The first-order valence-corrected chi connectivity index (χ1v) is 16.7. The molecule has 0 bridgehead atoms. The summed E-state index contributed by atoms with van der Waals surface area (Å²) < 4.78 is 11.7. The molecular weight excluding hydrogens is 618 g/mol. The molecule has 2 saturated carbocycles. The number of carbonyl (C=O) groups is 2. The van der Waals surface area contributed by atoms with E-state index in [1.807, 2.05) is 12.1 Å². The largest absolute Gasteiger partial charge is 0.495 e. The number of ether oxygens (including phenoxy) is 2. The standard InChI is InChI=1S/C35H40ClN7O4/c1-35(34(38)45)18-47-31-25(35)15-26(42-30(31)23-9-10-39-32(28(23)36)43-11-3-4-12-43)24(19-5-6-19)17-41-33(44)20-13-21(16-40-22-7-8-22)29(37)27(14-20)46-2/h9-10,13-16,19,22,24H,3-8,11-12,17-18,37H2,1-2H3,(H2,38,45)(H,41,44)/t24-,35-/m0/s1. The Morgan fingerprint density at radius 1 is 1.23 bits per heavy atom. The van der Waals surface area contributed by atoms with Crippen molar-refractivity contribution in [3.63, 3.8) is 0 Å². The molecular formula is C35H40ClN7O4. The molecule has 2 aliphatic heterocycles. The molecule has 0 spiro atoms. The molecule has 11 nitrogen and oxygen atoms in total. The number of hydrogen-bond acceptors (Lipinski definition) is 9. The lowest BCUT2D eigenvalue weighted by molar-refractivity contribution is -0.123. The number of nitrogens with two attached hydrogens (primary N) is 2. The van der Waals surface area contributed by atoms with Gasteiger partial charge in [0, 0.05) is 65.9 Å². The first-order valence-electron chi connectivity index (χ1n) is 16.3. The number of primary amides is 1. The molecule has 2 aliphatic carbocycles. The lowest BCUT2D eigenvalue weighted by Crippen LogP contribution is -2.40. The number of anilines is 2. The Morgan fingerprint density at radius 3 is 2.68 bits per heavy atom. The molecule has 2 amide bonds. The molecule has 4 aliphatic rings. The summed E-state index contributed by atoms with van der Waals surface area (Å²) in [6, 6.07) is 7.48. The van der Waals surface area contributed by atoms with E-state index in [9.17, 15) is 9.59 Å². The van der Waals surface area contributed by atoms with Gasteiger partial charge in [-0.3, -0.25) is 14.6 Å². The Labute approximate surface area is 279 Å². The van der Waals surface area contributed by atoms with Crippen LogP contribution in [0.2, 0.25) is 5.02 Å². The average Bonchev–Trinajstić information content (AvgIpc) is 4.00. The maximum Gasteiger partial charge on any atom is 0.251 e. The van der Waals surface area contributed by atoms with Crippen molar-refractivity contribution in [2.75, 3.05) is 44.0 Å². The van der Waals surface area contributed by atoms with Gasteiger partial charge < -0.3 is 31.2 Å². The number of nitrogens with zero attached hydrogens (tertiary/aromatic N) is 4. The van der Waals surface area contributed by atoms with Gasteiger partial charge in [-0.2, -0.15) is 0 Å². The van der Waals surface area contributed by atoms with E-state index in [0.717, 1.165) is 57.3 Å². The summed E-state index contributed by atoms with van der Waals surface area (Å²) >= 11 is 7.05. The quantitative estimate of drug-likeness (QED) is 0.199. The number of halogens is 1. The van der Waals surface area contributed by atoms with Crippen LogP contribution in [0.15, 0.2) is 35.5 Å². The monoisotopic (exact) mass is 657 g/mol. The highest BCUT2D eigenvalue weighted by Gasteiger charge is 2.45. The molecule has 4 heterocycles. The maximum atomic E-state index is 13.6. The number of benzene rings is 1. The summed E-state index contributed by atoms with van der Waals surface area (Å²) in [5.74, 6) is 1.10. The topological polar surface area (TPSA) is 158 Å². The molecule has 5 N–H and O–H groups in total. The number of pyridine rings is 2. The van der Waals surface area contributed by atoms with Crippen LogP contribution in [-0.2, 0) is 10.2 Å². The summed E-state index contributed by atoms with van der Waals surface area (Å²) in [6.07, 6.45) is 9.76. The van der Waals surface area contributed by atoms with Crippen LogP contribution in [0.5, 0.6) is 11.5 Å². The van der Waals surface area contributed by atoms with E-state index in [0.29, 0.717) is 74.5 Å². The second-order valence-corrected chi connectivity index (χ2v) is 13.7. The van der Waals surface area contributed by atoms with Gasteiger partial charge in [-0.1, -0.05) is 11.6 Å². The van der Waals surface area contributed by atoms with Gasteiger partial charge in [-0.25, -0.2) is 9.97 Å². The van der Waals surface area contributed by atoms with Crippen LogP contribution in [0.4, 0.5) is 11.5 Å². The predicted molar refractivity (Wildman–Crippen MR) is 182 cm³/mol. The maximum absolute atomic E-state index is 13.6. The second-order valence-electron chi connectivity index (χ2n) is 13.3. The van der Waals surface area contributed by atoms with Crippen molar-refractivity contribution in [1.29, 1.82) is 0 Å². The van der Waals surface area contributed by atoms with Crippen LogP contribution in [0.25, 0.3) is 11.3 Å².